The standard InChI is InChI=1S/C13H17NO4/c1-2-12(16)14-10-8-9(4-5-11(10)15)13-17-6-3-7-18-13/h4-5,8,13,15H,2-3,6-7H2,1H3,(H,14,16). The Kier molecular flexibility index (Phi) is 4.17. The second kappa shape index (κ2) is 5.84. The summed E-state index contributed by atoms with van der Waals surface area (Å²) >= 11 is 0. The van der Waals surface area contributed by atoms with Crippen molar-refractivity contribution in [1.82, 2.24) is 0 Å². The number of ether oxygens (including phenoxy) is 2. The highest BCUT2D eigenvalue weighted by Gasteiger charge is 2.18. The number of aromatic hydroxyl groups is 1. The maximum atomic E-state index is 11.3. The van der Waals surface area contributed by atoms with E-state index in [0.29, 0.717) is 25.3 Å². The minimum Gasteiger partial charge on any atom is -0.506 e. The van der Waals surface area contributed by atoms with Crippen molar-refractivity contribution in [1.29, 1.82) is 0 Å². The average molecular weight is 251 g/mol. The Bertz CT molecular complexity index is 427. The van der Waals surface area contributed by atoms with Crippen LogP contribution in [-0.2, 0) is 14.3 Å². The quantitative estimate of drug-likeness (QED) is 0.808. The molecule has 98 valence electrons. The summed E-state index contributed by atoms with van der Waals surface area (Å²) in [6.07, 6.45) is 0.824. The number of phenolic OH excluding ortho intramolecular Hbond substituents is 1. The van der Waals surface area contributed by atoms with Gasteiger partial charge in [0.2, 0.25) is 5.91 Å². The monoisotopic (exact) mass is 251 g/mol. The van der Waals surface area contributed by atoms with E-state index in [4.69, 9.17) is 9.47 Å². The van der Waals surface area contributed by atoms with Crippen molar-refractivity contribution in [2.45, 2.75) is 26.1 Å². The summed E-state index contributed by atoms with van der Waals surface area (Å²) < 4.78 is 10.9. The minimum absolute atomic E-state index is 0.0383. The number of hydrogen-bond donors (Lipinski definition) is 2. The van der Waals surface area contributed by atoms with Crippen LogP contribution in [0.5, 0.6) is 5.75 Å². The lowest BCUT2D eigenvalue weighted by Crippen LogP contribution is -2.18. The third kappa shape index (κ3) is 3.00. The molecule has 0 atom stereocenters. The lowest BCUT2D eigenvalue weighted by Gasteiger charge is -2.24. The molecule has 18 heavy (non-hydrogen) atoms. The van der Waals surface area contributed by atoms with Gasteiger partial charge in [-0.25, -0.2) is 0 Å². The van der Waals surface area contributed by atoms with E-state index in [0.717, 1.165) is 12.0 Å². The first-order chi connectivity index (χ1) is 8.70. The Morgan fingerprint density at radius 2 is 2.17 bits per heavy atom. The fourth-order valence-electron chi connectivity index (χ4n) is 1.72. The van der Waals surface area contributed by atoms with Crippen LogP contribution in [0.15, 0.2) is 18.2 Å². The number of hydrogen-bond acceptors (Lipinski definition) is 4. The van der Waals surface area contributed by atoms with E-state index >= 15 is 0 Å². The third-order valence-electron chi connectivity index (χ3n) is 2.72. The van der Waals surface area contributed by atoms with Gasteiger partial charge in [0, 0.05) is 12.0 Å². The molecule has 1 aromatic rings. The van der Waals surface area contributed by atoms with Gasteiger partial charge in [0.15, 0.2) is 6.29 Å². The maximum Gasteiger partial charge on any atom is 0.224 e. The molecule has 0 aliphatic carbocycles. The third-order valence-corrected chi connectivity index (χ3v) is 2.72. The van der Waals surface area contributed by atoms with Crippen molar-refractivity contribution in [3.63, 3.8) is 0 Å². The molecule has 0 unspecified atom stereocenters. The van der Waals surface area contributed by atoms with Crippen LogP contribution in [0.4, 0.5) is 5.69 Å². The van der Waals surface area contributed by atoms with Gasteiger partial charge in [-0.05, 0) is 18.6 Å². The Labute approximate surface area is 106 Å². The van der Waals surface area contributed by atoms with E-state index in [1.807, 2.05) is 0 Å². The van der Waals surface area contributed by atoms with Crippen molar-refractivity contribution >= 4 is 11.6 Å². The zero-order valence-electron chi connectivity index (χ0n) is 10.3. The van der Waals surface area contributed by atoms with Gasteiger partial charge in [0.25, 0.3) is 0 Å². The molecular formula is C13H17NO4. The van der Waals surface area contributed by atoms with Gasteiger partial charge >= 0.3 is 0 Å². The van der Waals surface area contributed by atoms with E-state index in [-0.39, 0.29) is 11.7 Å². The fourth-order valence-corrected chi connectivity index (χ4v) is 1.72. The van der Waals surface area contributed by atoms with E-state index in [2.05, 4.69) is 5.32 Å². The van der Waals surface area contributed by atoms with Gasteiger partial charge in [-0.15, -0.1) is 0 Å². The summed E-state index contributed by atoms with van der Waals surface area (Å²) in [7, 11) is 0. The number of rotatable bonds is 3. The molecule has 1 aromatic carbocycles. The van der Waals surface area contributed by atoms with Gasteiger partial charge in [-0.1, -0.05) is 13.0 Å². The summed E-state index contributed by atoms with van der Waals surface area (Å²) in [4.78, 5) is 11.3. The zero-order valence-corrected chi connectivity index (χ0v) is 10.3. The van der Waals surface area contributed by atoms with Crippen molar-refractivity contribution in [3.8, 4) is 5.75 Å². The molecule has 5 nitrogen and oxygen atoms in total. The highest BCUT2D eigenvalue weighted by molar-refractivity contribution is 5.92. The van der Waals surface area contributed by atoms with Crippen molar-refractivity contribution in [2.24, 2.45) is 0 Å². The van der Waals surface area contributed by atoms with Crippen LogP contribution in [0.2, 0.25) is 0 Å². The zero-order chi connectivity index (χ0) is 13.0. The average Bonchev–Trinajstić information content (AvgIpc) is 2.42. The minimum atomic E-state index is -0.420. The Hall–Kier alpha value is -1.59. The largest absolute Gasteiger partial charge is 0.506 e. The van der Waals surface area contributed by atoms with E-state index in [1.54, 1.807) is 19.1 Å². The number of nitrogens with one attached hydrogen (secondary N) is 1. The molecule has 5 heteroatoms. The molecule has 1 amide bonds. The fraction of sp³-hybridized carbons (Fsp3) is 0.462. The second-order valence-corrected chi connectivity index (χ2v) is 4.11. The first-order valence-electron chi connectivity index (χ1n) is 6.06. The SMILES string of the molecule is CCC(=O)Nc1cc(C2OCCCO2)ccc1O. The lowest BCUT2D eigenvalue weighted by molar-refractivity contribution is -0.183. The van der Waals surface area contributed by atoms with Crippen molar-refractivity contribution < 1.29 is 19.4 Å². The molecular weight excluding hydrogens is 234 g/mol. The van der Waals surface area contributed by atoms with Crippen molar-refractivity contribution in [2.75, 3.05) is 18.5 Å². The predicted molar refractivity (Wildman–Crippen MR) is 66.3 cm³/mol. The van der Waals surface area contributed by atoms with E-state index < -0.39 is 6.29 Å². The number of phenols is 1. The van der Waals surface area contributed by atoms with Gasteiger partial charge in [0.1, 0.15) is 5.75 Å². The molecule has 0 aromatic heterocycles. The normalized spacial score (nSPS) is 16.5. The van der Waals surface area contributed by atoms with E-state index in [9.17, 15) is 9.90 Å². The number of amides is 1. The van der Waals surface area contributed by atoms with Gasteiger partial charge in [-0.2, -0.15) is 0 Å². The molecule has 0 saturated carbocycles. The molecule has 2 N–H and O–H groups in total. The number of benzene rings is 1. The van der Waals surface area contributed by atoms with Crippen LogP contribution >= 0.6 is 0 Å². The number of carbonyl (C=O) groups is 1. The van der Waals surface area contributed by atoms with E-state index in [1.165, 1.54) is 6.07 Å². The topological polar surface area (TPSA) is 67.8 Å². The summed E-state index contributed by atoms with van der Waals surface area (Å²) in [6, 6.07) is 4.94. The second-order valence-electron chi connectivity index (χ2n) is 4.11. The molecule has 0 radical (unpaired) electrons. The van der Waals surface area contributed by atoms with Crippen molar-refractivity contribution in [3.05, 3.63) is 23.8 Å². The van der Waals surface area contributed by atoms with Crippen LogP contribution in [-0.4, -0.2) is 24.2 Å². The van der Waals surface area contributed by atoms with Crippen LogP contribution in [0, 0.1) is 0 Å². The maximum absolute atomic E-state index is 11.3. The molecule has 1 aliphatic heterocycles. The molecule has 2 rings (SSSR count). The lowest BCUT2D eigenvalue weighted by atomic mass is 10.1. The summed E-state index contributed by atoms with van der Waals surface area (Å²) in [5.74, 6) is -0.107. The Morgan fingerprint density at radius 3 is 2.83 bits per heavy atom. The first-order valence-corrected chi connectivity index (χ1v) is 6.06. The van der Waals surface area contributed by atoms with Gasteiger partial charge < -0.3 is 19.9 Å². The number of carbonyl (C=O) groups excluding carboxylic acids is 1. The smallest absolute Gasteiger partial charge is 0.224 e. The van der Waals surface area contributed by atoms with Crippen LogP contribution in [0.25, 0.3) is 0 Å². The van der Waals surface area contributed by atoms with Gasteiger partial charge in [-0.3, -0.25) is 4.79 Å². The van der Waals surface area contributed by atoms with Gasteiger partial charge in [0.05, 0.1) is 18.9 Å². The number of anilines is 1. The van der Waals surface area contributed by atoms with Crippen LogP contribution in [0.1, 0.15) is 31.6 Å². The Morgan fingerprint density at radius 1 is 1.44 bits per heavy atom. The summed E-state index contributed by atoms with van der Waals surface area (Å²) in [5.41, 5.74) is 1.18. The molecule has 1 fully saturated rings. The molecule has 1 aliphatic rings. The molecule has 1 saturated heterocycles. The first kappa shape index (κ1) is 12.9. The van der Waals surface area contributed by atoms with Crippen LogP contribution < -0.4 is 5.32 Å². The molecule has 1 heterocycles. The molecule has 0 spiro atoms. The highest BCUT2D eigenvalue weighted by atomic mass is 16.7. The summed E-state index contributed by atoms with van der Waals surface area (Å²) in [6.45, 7) is 3.06. The summed E-state index contributed by atoms with van der Waals surface area (Å²) in [5, 5.41) is 12.3. The highest BCUT2D eigenvalue weighted by Crippen LogP contribution is 2.30. The van der Waals surface area contributed by atoms with Crippen LogP contribution in [0.3, 0.4) is 0 Å². The predicted octanol–water partition coefficient (Wildman–Crippen LogP) is 2.18. The Balaban J connectivity index is 2.16. The molecule has 0 bridgehead atoms.